The topological polar surface area (TPSA) is 98.4 Å². The molecule has 0 aliphatic carbocycles. The smallest absolute Gasteiger partial charge is 0.343 e. The minimum atomic E-state index is -0.852. The normalized spacial score (nSPS) is 8.86. The van der Waals surface area contributed by atoms with Crippen LogP contribution >= 0.6 is 0 Å². The zero-order valence-electron chi connectivity index (χ0n) is 9.33. The molecule has 0 bridgehead atoms. The van der Waals surface area contributed by atoms with Crippen LogP contribution in [0.4, 0.5) is 4.79 Å². The molecule has 6 N–H and O–H groups in total. The van der Waals surface area contributed by atoms with Crippen LogP contribution in [0.3, 0.4) is 0 Å². The van der Waals surface area contributed by atoms with Gasteiger partial charge in [-0.25, -0.2) is 16.5 Å². The molecular weight excluding hydrogens is 180 g/mol. The van der Waals surface area contributed by atoms with E-state index in [1.165, 1.54) is 38.5 Å². The van der Waals surface area contributed by atoms with Gasteiger partial charge >= 0.3 is 6.03 Å². The number of amides is 2. The van der Waals surface area contributed by atoms with Crippen molar-refractivity contribution in [2.75, 3.05) is 0 Å². The number of carbonyl (C=O) groups excluding carboxylic acids is 1. The minimum Gasteiger partial charge on any atom is -0.349 e. The zero-order chi connectivity index (χ0) is 11.4. The van der Waals surface area contributed by atoms with Crippen molar-refractivity contribution < 1.29 is 4.79 Å². The Balaban J connectivity index is 0. The maximum Gasteiger partial charge on any atom is 0.343 e. The van der Waals surface area contributed by atoms with E-state index in [-0.39, 0.29) is 0 Å². The third-order valence-corrected chi connectivity index (χ3v) is 1.71. The van der Waals surface area contributed by atoms with Gasteiger partial charge < -0.3 is 5.73 Å². The van der Waals surface area contributed by atoms with E-state index in [9.17, 15) is 4.79 Å². The van der Waals surface area contributed by atoms with Gasteiger partial charge in [0, 0.05) is 0 Å². The van der Waals surface area contributed by atoms with Crippen molar-refractivity contribution in [1.29, 1.82) is 0 Å². The Morgan fingerprint density at radius 3 is 1.43 bits per heavy atom. The Bertz CT molecular complexity index is 122. The number of nitrogens with two attached hydrogens (primary N) is 3. The molecule has 0 heterocycles. The highest BCUT2D eigenvalue weighted by Crippen LogP contribution is 2.03. The summed E-state index contributed by atoms with van der Waals surface area (Å²) < 4.78 is 0. The SMILES string of the molecule is CCCCCCCC.NC(=O)N(N)N. The Hall–Kier alpha value is -0.810. The van der Waals surface area contributed by atoms with Crippen LogP contribution in [0.2, 0.25) is 0 Å². The van der Waals surface area contributed by atoms with Gasteiger partial charge in [-0.2, -0.15) is 5.12 Å². The van der Waals surface area contributed by atoms with Crippen molar-refractivity contribution >= 4 is 6.03 Å². The summed E-state index contributed by atoms with van der Waals surface area (Å²) in [6, 6.07) is -0.852. The number of rotatable bonds is 5. The maximum absolute atomic E-state index is 9.60. The van der Waals surface area contributed by atoms with Crippen molar-refractivity contribution in [1.82, 2.24) is 5.12 Å². The number of urea groups is 1. The Kier molecular flexibility index (Phi) is 13.6. The highest BCUT2D eigenvalue weighted by molar-refractivity contribution is 5.70. The molecule has 0 unspecified atom stereocenters. The van der Waals surface area contributed by atoms with Gasteiger partial charge in [-0.1, -0.05) is 52.4 Å². The molecule has 0 fully saturated rings. The predicted octanol–water partition coefficient (Wildman–Crippen LogP) is 1.48. The number of hydrogen-bond donors (Lipinski definition) is 3. The lowest BCUT2D eigenvalue weighted by Gasteiger charge is -2.00. The van der Waals surface area contributed by atoms with E-state index in [0.717, 1.165) is 0 Å². The summed E-state index contributed by atoms with van der Waals surface area (Å²) >= 11 is 0. The van der Waals surface area contributed by atoms with Crippen LogP contribution < -0.4 is 17.4 Å². The van der Waals surface area contributed by atoms with Gasteiger partial charge in [-0.3, -0.25) is 0 Å². The minimum absolute atomic E-state index is 0.306. The molecule has 5 heteroatoms. The van der Waals surface area contributed by atoms with Gasteiger partial charge in [-0.15, -0.1) is 0 Å². The molecule has 5 nitrogen and oxygen atoms in total. The molecular formula is C9H24N4O. The molecule has 0 atom stereocenters. The third-order valence-electron chi connectivity index (χ3n) is 1.71. The number of unbranched alkanes of at least 4 members (excludes halogenated alkanes) is 5. The lowest BCUT2D eigenvalue weighted by Crippen LogP contribution is -2.46. The first-order chi connectivity index (χ1) is 6.56. The molecule has 0 aliphatic heterocycles. The van der Waals surface area contributed by atoms with Crippen LogP contribution in [0.1, 0.15) is 52.4 Å². The van der Waals surface area contributed by atoms with E-state index in [4.69, 9.17) is 0 Å². The zero-order valence-corrected chi connectivity index (χ0v) is 9.33. The molecule has 0 rings (SSSR count). The second-order valence-electron chi connectivity index (χ2n) is 3.16. The van der Waals surface area contributed by atoms with Gasteiger partial charge in [0.15, 0.2) is 0 Å². The Labute approximate surface area is 86.5 Å². The van der Waals surface area contributed by atoms with Crippen molar-refractivity contribution in [2.24, 2.45) is 17.4 Å². The first kappa shape index (κ1) is 15.7. The molecule has 0 saturated heterocycles. The highest BCUT2D eigenvalue weighted by atomic mass is 16.2. The summed E-state index contributed by atoms with van der Waals surface area (Å²) in [6.07, 6.45) is 8.49. The average Bonchev–Trinajstić information content (AvgIpc) is 2.13. The Morgan fingerprint density at radius 2 is 1.29 bits per heavy atom. The monoisotopic (exact) mass is 204 g/mol. The van der Waals surface area contributed by atoms with Crippen molar-refractivity contribution in [3.63, 3.8) is 0 Å². The molecule has 0 radical (unpaired) electrons. The van der Waals surface area contributed by atoms with Crippen LogP contribution in [-0.4, -0.2) is 11.1 Å². The predicted molar refractivity (Wildman–Crippen MR) is 58.8 cm³/mol. The summed E-state index contributed by atoms with van der Waals surface area (Å²) in [5.41, 5.74) is 4.47. The quantitative estimate of drug-likeness (QED) is 0.274. The van der Waals surface area contributed by atoms with Gasteiger partial charge in [0.1, 0.15) is 0 Å². The van der Waals surface area contributed by atoms with Gasteiger partial charge in [0.25, 0.3) is 0 Å². The number of carbonyl (C=O) groups is 1. The van der Waals surface area contributed by atoms with Crippen molar-refractivity contribution in [2.45, 2.75) is 52.4 Å². The summed E-state index contributed by atoms with van der Waals surface area (Å²) in [4.78, 5) is 9.60. The van der Waals surface area contributed by atoms with Crippen LogP contribution in [0.25, 0.3) is 0 Å². The molecule has 0 aliphatic rings. The molecule has 0 aromatic carbocycles. The number of primary amides is 1. The first-order valence-electron chi connectivity index (χ1n) is 5.15. The lowest BCUT2D eigenvalue weighted by atomic mass is 10.1. The molecule has 2 amide bonds. The van der Waals surface area contributed by atoms with Gasteiger partial charge in [-0.05, 0) is 0 Å². The summed E-state index contributed by atoms with van der Waals surface area (Å²) in [5.74, 6) is 9.14. The standard InChI is InChI=1S/C8H18.CH6N4O/c1-3-5-7-8-6-4-2;2-1(6)5(3)4/h3-8H2,1-2H3;3-4H2,(H2,2,6). The molecule has 86 valence electrons. The number of hydrazine groups is 2. The molecule has 0 aromatic rings. The van der Waals surface area contributed by atoms with E-state index < -0.39 is 6.03 Å². The highest BCUT2D eigenvalue weighted by Gasteiger charge is 1.90. The van der Waals surface area contributed by atoms with Crippen LogP contribution in [0, 0.1) is 0 Å². The fraction of sp³-hybridized carbons (Fsp3) is 0.889. The second-order valence-corrected chi connectivity index (χ2v) is 3.16. The molecule has 0 saturated carbocycles. The average molecular weight is 204 g/mol. The maximum atomic E-state index is 9.60. The fourth-order valence-corrected chi connectivity index (χ4v) is 0.854. The second kappa shape index (κ2) is 12.2. The Morgan fingerprint density at radius 1 is 1.00 bits per heavy atom. The van der Waals surface area contributed by atoms with Crippen molar-refractivity contribution in [3.8, 4) is 0 Å². The van der Waals surface area contributed by atoms with Crippen LogP contribution in [0.15, 0.2) is 0 Å². The molecule has 0 spiro atoms. The van der Waals surface area contributed by atoms with E-state index >= 15 is 0 Å². The van der Waals surface area contributed by atoms with Crippen molar-refractivity contribution in [3.05, 3.63) is 0 Å². The molecule has 0 aromatic heterocycles. The first-order valence-corrected chi connectivity index (χ1v) is 5.15. The fourth-order valence-electron chi connectivity index (χ4n) is 0.854. The van der Waals surface area contributed by atoms with E-state index in [1.54, 1.807) is 0 Å². The third kappa shape index (κ3) is 17.3. The number of nitrogens with zero attached hydrogens (tertiary/aromatic N) is 1. The summed E-state index contributed by atoms with van der Waals surface area (Å²) in [6.45, 7) is 4.51. The van der Waals surface area contributed by atoms with Crippen LogP contribution in [0.5, 0.6) is 0 Å². The summed E-state index contributed by atoms with van der Waals surface area (Å²) in [7, 11) is 0. The van der Waals surface area contributed by atoms with Gasteiger partial charge in [0.2, 0.25) is 0 Å². The lowest BCUT2D eigenvalue weighted by molar-refractivity contribution is 0.210. The van der Waals surface area contributed by atoms with Crippen LogP contribution in [-0.2, 0) is 0 Å². The number of hydrogen-bond acceptors (Lipinski definition) is 3. The van der Waals surface area contributed by atoms with E-state index in [0.29, 0.717) is 5.12 Å². The van der Waals surface area contributed by atoms with E-state index in [2.05, 4.69) is 31.3 Å². The largest absolute Gasteiger partial charge is 0.349 e. The molecule has 14 heavy (non-hydrogen) atoms. The van der Waals surface area contributed by atoms with E-state index in [1.807, 2.05) is 0 Å². The van der Waals surface area contributed by atoms with Gasteiger partial charge in [0.05, 0.1) is 0 Å². The summed E-state index contributed by atoms with van der Waals surface area (Å²) in [5, 5.41) is 0.306.